The fourth-order valence-electron chi connectivity index (χ4n) is 3.22. The van der Waals surface area contributed by atoms with Gasteiger partial charge in [-0.25, -0.2) is 4.79 Å². The highest BCUT2D eigenvalue weighted by Gasteiger charge is 2.17. The number of rotatable bonds is 7. The number of para-hydroxylation sites is 1. The van der Waals surface area contributed by atoms with E-state index in [0.717, 1.165) is 10.8 Å². The molecule has 0 aliphatic heterocycles. The lowest BCUT2D eigenvalue weighted by atomic mass is 10.1. The second-order valence-corrected chi connectivity index (χ2v) is 6.97. The molecule has 0 radical (unpaired) electrons. The number of carbonyl (C=O) groups is 2. The van der Waals surface area contributed by atoms with E-state index in [4.69, 9.17) is 14.2 Å². The summed E-state index contributed by atoms with van der Waals surface area (Å²) in [5.74, 6) is 0.555. The van der Waals surface area contributed by atoms with E-state index in [0.29, 0.717) is 22.9 Å². The second kappa shape index (κ2) is 9.66. The number of hydrogen-bond acceptors (Lipinski definition) is 5. The predicted octanol–water partition coefficient (Wildman–Crippen LogP) is 5.44. The highest BCUT2D eigenvalue weighted by molar-refractivity contribution is 6.00. The fraction of sp³-hybridized carbons (Fsp3) is 0.0769. The molecule has 0 bridgehead atoms. The number of methoxy groups -OCH3 is 1. The van der Waals surface area contributed by atoms with Gasteiger partial charge in [-0.1, -0.05) is 48.5 Å². The largest absolute Gasteiger partial charge is 0.496 e. The van der Waals surface area contributed by atoms with Gasteiger partial charge in [0.2, 0.25) is 0 Å². The van der Waals surface area contributed by atoms with Crippen molar-refractivity contribution >= 4 is 28.3 Å². The van der Waals surface area contributed by atoms with Gasteiger partial charge in [-0.3, -0.25) is 4.79 Å². The lowest BCUT2D eigenvalue weighted by molar-refractivity contribution is -0.119. The van der Waals surface area contributed by atoms with Crippen LogP contribution in [0.3, 0.4) is 0 Å². The molecule has 4 aromatic rings. The molecule has 4 rings (SSSR count). The van der Waals surface area contributed by atoms with Crippen LogP contribution in [0.4, 0.5) is 5.69 Å². The SMILES string of the molecule is COc1cc2ccccc2cc1C(=O)OCC(=O)Nc1cccc(Oc2ccccc2)c1. The topological polar surface area (TPSA) is 73.9 Å². The Kier molecular flexibility index (Phi) is 6.32. The number of benzene rings is 4. The van der Waals surface area contributed by atoms with Crippen LogP contribution in [0.15, 0.2) is 91.0 Å². The average molecular weight is 427 g/mol. The summed E-state index contributed by atoms with van der Waals surface area (Å²) in [4.78, 5) is 24.9. The van der Waals surface area contributed by atoms with Gasteiger partial charge in [0.05, 0.1) is 7.11 Å². The number of nitrogens with one attached hydrogen (secondary N) is 1. The van der Waals surface area contributed by atoms with Crippen LogP contribution in [-0.4, -0.2) is 25.6 Å². The molecule has 6 nitrogen and oxygen atoms in total. The summed E-state index contributed by atoms with van der Waals surface area (Å²) >= 11 is 0. The first-order valence-corrected chi connectivity index (χ1v) is 9.99. The summed E-state index contributed by atoms with van der Waals surface area (Å²) in [6.07, 6.45) is 0. The van der Waals surface area contributed by atoms with Gasteiger partial charge >= 0.3 is 5.97 Å². The summed E-state index contributed by atoms with van der Waals surface area (Å²) in [7, 11) is 1.48. The Morgan fingerprint density at radius 3 is 2.22 bits per heavy atom. The third-order valence-electron chi connectivity index (χ3n) is 4.72. The molecule has 0 atom stereocenters. The molecule has 0 fully saturated rings. The maximum absolute atomic E-state index is 12.6. The van der Waals surface area contributed by atoms with Crippen LogP contribution in [-0.2, 0) is 9.53 Å². The smallest absolute Gasteiger partial charge is 0.342 e. The standard InChI is InChI=1S/C26H21NO5/c1-30-24-15-19-9-6-5-8-18(19)14-23(24)26(29)31-17-25(28)27-20-10-7-13-22(16-20)32-21-11-3-2-4-12-21/h2-16H,17H2,1H3,(H,27,28). The summed E-state index contributed by atoms with van der Waals surface area (Å²) in [5, 5.41) is 4.52. The van der Waals surface area contributed by atoms with E-state index < -0.39 is 18.5 Å². The third kappa shape index (κ3) is 5.05. The Morgan fingerprint density at radius 2 is 1.47 bits per heavy atom. The lowest BCUT2D eigenvalue weighted by Gasteiger charge is -2.11. The zero-order valence-electron chi connectivity index (χ0n) is 17.4. The maximum atomic E-state index is 12.6. The van der Waals surface area contributed by atoms with E-state index in [9.17, 15) is 9.59 Å². The molecule has 160 valence electrons. The maximum Gasteiger partial charge on any atom is 0.342 e. The van der Waals surface area contributed by atoms with Crippen LogP contribution in [0, 0.1) is 0 Å². The first kappa shape index (κ1) is 20.9. The van der Waals surface area contributed by atoms with Gasteiger partial charge in [-0.2, -0.15) is 0 Å². The van der Waals surface area contributed by atoms with Crippen molar-refractivity contribution in [3.8, 4) is 17.2 Å². The Labute approximate surface area is 185 Å². The summed E-state index contributed by atoms with van der Waals surface area (Å²) in [6.45, 7) is -0.432. The van der Waals surface area contributed by atoms with E-state index in [2.05, 4.69) is 5.32 Å². The van der Waals surface area contributed by atoms with E-state index in [1.54, 1.807) is 36.4 Å². The van der Waals surface area contributed by atoms with Gasteiger partial charge in [-0.05, 0) is 47.2 Å². The second-order valence-electron chi connectivity index (χ2n) is 6.97. The molecule has 0 aliphatic rings. The molecule has 0 spiro atoms. The number of anilines is 1. The summed E-state index contributed by atoms with van der Waals surface area (Å²) < 4.78 is 16.3. The predicted molar refractivity (Wildman–Crippen MR) is 122 cm³/mol. The zero-order chi connectivity index (χ0) is 22.3. The zero-order valence-corrected chi connectivity index (χ0v) is 17.4. The highest BCUT2D eigenvalue weighted by Crippen LogP contribution is 2.27. The van der Waals surface area contributed by atoms with Gasteiger partial charge in [0, 0.05) is 11.8 Å². The summed E-state index contributed by atoms with van der Waals surface area (Å²) in [5.41, 5.74) is 0.792. The van der Waals surface area contributed by atoms with Gasteiger partial charge < -0.3 is 19.5 Å². The normalized spacial score (nSPS) is 10.4. The Balaban J connectivity index is 1.38. The van der Waals surface area contributed by atoms with Crippen molar-refractivity contribution in [2.24, 2.45) is 0 Å². The third-order valence-corrected chi connectivity index (χ3v) is 4.72. The van der Waals surface area contributed by atoms with Crippen molar-refractivity contribution in [3.05, 3.63) is 96.6 Å². The van der Waals surface area contributed by atoms with Crippen LogP contribution in [0.1, 0.15) is 10.4 Å². The molecule has 0 saturated carbocycles. The quantitative estimate of drug-likeness (QED) is 0.398. The van der Waals surface area contributed by atoms with Gasteiger partial charge in [0.15, 0.2) is 6.61 Å². The molecule has 1 N–H and O–H groups in total. The number of fused-ring (bicyclic) bond motifs is 1. The van der Waals surface area contributed by atoms with Gasteiger partial charge in [0.1, 0.15) is 22.8 Å². The molecular weight excluding hydrogens is 406 g/mol. The molecule has 6 heteroatoms. The van der Waals surface area contributed by atoms with Crippen molar-refractivity contribution < 1.29 is 23.8 Å². The molecule has 0 unspecified atom stereocenters. The number of carbonyl (C=O) groups excluding carboxylic acids is 2. The number of hydrogen-bond donors (Lipinski definition) is 1. The molecular formula is C26H21NO5. The first-order chi connectivity index (χ1) is 15.6. The molecule has 1 amide bonds. The van der Waals surface area contributed by atoms with Crippen molar-refractivity contribution in [1.82, 2.24) is 0 Å². The van der Waals surface area contributed by atoms with Crippen molar-refractivity contribution in [2.75, 3.05) is 19.0 Å². The van der Waals surface area contributed by atoms with Crippen LogP contribution in [0.25, 0.3) is 10.8 Å². The van der Waals surface area contributed by atoms with E-state index >= 15 is 0 Å². The monoisotopic (exact) mass is 427 g/mol. The molecule has 0 aliphatic carbocycles. The Morgan fingerprint density at radius 1 is 0.781 bits per heavy atom. The van der Waals surface area contributed by atoms with Crippen LogP contribution >= 0.6 is 0 Å². The first-order valence-electron chi connectivity index (χ1n) is 9.99. The van der Waals surface area contributed by atoms with Crippen molar-refractivity contribution in [2.45, 2.75) is 0 Å². The lowest BCUT2D eigenvalue weighted by Crippen LogP contribution is -2.21. The molecule has 4 aromatic carbocycles. The Hall–Kier alpha value is -4.32. The van der Waals surface area contributed by atoms with Crippen LogP contribution in [0.5, 0.6) is 17.2 Å². The van der Waals surface area contributed by atoms with Crippen molar-refractivity contribution in [1.29, 1.82) is 0 Å². The minimum absolute atomic E-state index is 0.261. The number of ether oxygens (including phenoxy) is 3. The number of amides is 1. The average Bonchev–Trinajstić information content (AvgIpc) is 2.82. The fourth-order valence-corrected chi connectivity index (χ4v) is 3.22. The molecule has 0 aromatic heterocycles. The van der Waals surface area contributed by atoms with Gasteiger partial charge in [-0.15, -0.1) is 0 Å². The van der Waals surface area contributed by atoms with Gasteiger partial charge in [0.25, 0.3) is 5.91 Å². The van der Waals surface area contributed by atoms with Crippen LogP contribution < -0.4 is 14.8 Å². The highest BCUT2D eigenvalue weighted by atomic mass is 16.5. The minimum Gasteiger partial charge on any atom is -0.496 e. The minimum atomic E-state index is -0.635. The van der Waals surface area contributed by atoms with E-state index in [1.165, 1.54) is 7.11 Å². The van der Waals surface area contributed by atoms with E-state index in [1.807, 2.05) is 54.6 Å². The Bertz CT molecular complexity index is 1250. The van der Waals surface area contributed by atoms with Crippen molar-refractivity contribution in [3.63, 3.8) is 0 Å². The molecule has 0 heterocycles. The molecule has 0 saturated heterocycles. The van der Waals surface area contributed by atoms with E-state index in [-0.39, 0.29) is 5.56 Å². The van der Waals surface area contributed by atoms with Crippen LogP contribution in [0.2, 0.25) is 0 Å². The molecule has 32 heavy (non-hydrogen) atoms. The number of esters is 1. The summed E-state index contributed by atoms with van der Waals surface area (Å²) in [6, 6.07) is 27.4.